The Bertz CT molecular complexity index is 861. The lowest BCUT2D eigenvalue weighted by atomic mass is 9.87. The van der Waals surface area contributed by atoms with Crippen molar-refractivity contribution >= 4 is 17.9 Å². The number of hydroxylamine groups is 2. The predicted molar refractivity (Wildman–Crippen MR) is 122 cm³/mol. The fraction of sp³-hybridized carbons (Fsp3) is 0.640. The molecule has 3 heterocycles. The van der Waals surface area contributed by atoms with Crippen LogP contribution < -0.4 is 0 Å². The summed E-state index contributed by atoms with van der Waals surface area (Å²) < 4.78 is 5.45. The maximum absolute atomic E-state index is 13.1. The summed E-state index contributed by atoms with van der Waals surface area (Å²) in [5.41, 5.74) is 0.496. The van der Waals surface area contributed by atoms with E-state index in [-0.39, 0.29) is 35.9 Å². The minimum atomic E-state index is -0.510. The molecule has 2 atom stereocenters. The first-order valence-electron chi connectivity index (χ1n) is 12.0. The molecule has 0 aromatic heterocycles. The Hall–Kier alpha value is -2.61. The number of Topliss-reactive ketones (excluding diaryl/α,β-unsaturated/α-hetero) is 1. The van der Waals surface area contributed by atoms with Crippen molar-refractivity contribution in [3.8, 4) is 0 Å². The van der Waals surface area contributed by atoms with Crippen LogP contribution in [-0.4, -0.2) is 70.1 Å². The van der Waals surface area contributed by atoms with Crippen LogP contribution in [0.2, 0.25) is 0 Å². The van der Waals surface area contributed by atoms with Gasteiger partial charge in [0.05, 0.1) is 12.1 Å². The molecule has 4 rings (SSSR count). The zero-order chi connectivity index (χ0) is 23.6. The molecule has 8 nitrogen and oxygen atoms in total. The van der Waals surface area contributed by atoms with Gasteiger partial charge in [-0.2, -0.15) is 5.06 Å². The van der Waals surface area contributed by atoms with E-state index in [9.17, 15) is 14.4 Å². The second kappa shape index (κ2) is 9.71. The molecule has 33 heavy (non-hydrogen) atoms. The highest BCUT2D eigenvalue weighted by Gasteiger charge is 2.48. The molecule has 0 radical (unpaired) electrons. The fourth-order valence-electron chi connectivity index (χ4n) is 4.92. The first-order chi connectivity index (χ1) is 15.7. The number of ketones is 1. The Balaban J connectivity index is 1.26. The topological polar surface area (TPSA) is 79.4 Å². The smallest absolute Gasteiger partial charge is 0.410 e. The third-order valence-corrected chi connectivity index (χ3v) is 6.66. The Labute approximate surface area is 195 Å². The minimum absolute atomic E-state index is 0.00216. The molecule has 1 aromatic carbocycles. The van der Waals surface area contributed by atoms with E-state index in [1.54, 1.807) is 9.80 Å². The van der Waals surface area contributed by atoms with E-state index < -0.39 is 5.60 Å². The summed E-state index contributed by atoms with van der Waals surface area (Å²) in [7, 11) is 0. The largest absolute Gasteiger partial charge is 0.444 e. The second-order valence-corrected chi connectivity index (χ2v) is 10.3. The molecule has 0 unspecified atom stereocenters. The highest BCUT2D eigenvalue weighted by atomic mass is 16.7. The first kappa shape index (κ1) is 23.5. The van der Waals surface area contributed by atoms with Gasteiger partial charge in [0.2, 0.25) is 0 Å². The molecule has 3 aliphatic rings. The summed E-state index contributed by atoms with van der Waals surface area (Å²) in [6, 6.07) is 9.19. The van der Waals surface area contributed by atoms with Crippen LogP contribution in [0.4, 0.5) is 9.59 Å². The van der Waals surface area contributed by atoms with Crippen molar-refractivity contribution in [2.75, 3.05) is 19.6 Å². The molecule has 0 spiro atoms. The van der Waals surface area contributed by atoms with E-state index in [0.29, 0.717) is 39.1 Å². The summed E-state index contributed by atoms with van der Waals surface area (Å²) in [5.74, 6) is 0.361. The zero-order valence-electron chi connectivity index (χ0n) is 19.9. The highest BCUT2D eigenvalue weighted by molar-refractivity contribution is 5.90. The number of carbonyl (C=O) groups is 3. The number of hydrogen-bond donors (Lipinski definition) is 0. The lowest BCUT2D eigenvalue weighted by Crippen LogP contribution is -2.46. The average molecular weight is 458 g/mol. The van der Waals surface area contributed by atoms with Crippen molar-refractivity contribution in [3.05, 3.63) is 35.9 Å². The van der Waals surface area contributed by atoms with Gasteiger partial charge in [-0.3, -0.25) is 9.63 Å². The lowest BCUT2D eigenvalue weighted by Gasteiger charge is -2.34. The summed E-state index contributed by atoms with van der Waals surface area (Å²) in [6.45, 7) is 7.66. The van der Waals surface area contributed by atoms with Crippen molar-refractivity contribution in [2.24, 2.45) is 5.92 Å². The number of benzene rings is 1. The minimum Gasteiger partial charge on any atom is -0.444 e. The summed E-state index contributed by atoms with van der Waals surface area (Å²) in [4.78, 5) is 47.6. The van der Waals surface area contributed by atoms with Gasteiger partial charge in [0.15, 0.2) is 5.78 Å². The molecule has 0 aliphatic carbocycles. The van der Waals surface area contributed by atoms with Crippen LogP contribution in [0.5, 0.6) is 0 Å². The van der Waals surface area contributed by atoms with E-state index in [0.717, 1.165) is 24.8 Å². The molecular weight excluding hydrogens is 422 g/mol. The lowest BCUT2D eigenvalue weighted by molar-refractivity contribution is -0.140. The van der Waals surface area contributed by atoms with Crippen LogP contribution in [0.1, 0.15) is 58.4 Å². The van der Waals surface area contributed by atoms with Crippen LogP contribution >= 0.6 is 0 Å². The van der Waals surface area contributed by atoms with Crippen molar-refractivity contribution in [1.29, 1.82) is 0 Å². The van der Waals surface area contributed by atoms with Gasteiger partial charge >= 0.3 is 12.1 Å². The molecule has 3 amide bonds. The molecule has 180 valence electrons. The van der Waals surface area contributed by atoms with Crippen molar-refractivity contribution in [3.63, 3.8) is 0 Å². The average Bonchev–Trinajstić information content (AvgIpc) is 3.01. The number of hydrogen-bond acceptors (Lipinski definition) is 5. The molecule has 3 aliphatic heterocycles. The van der Waals surface area contributed by atoms with E-state index in [1.165, 1.54) is 5.06 Å². The third kappa shape index (κ3) is 5.66. The van der Waals surface area contributed by atoms with Gasteiger partial charge < -0.3 is 14.5 Å². The molecule has 0 saturated carbocycles. The number of carbonyl (C=O) groups excluding carboxylic acids is 3. The second-order valence-electron chi connectivity index (χ2n) is 10.3. The number of urea groups is 1. The van der Waals surface area contributed by atoms with Crippen LogP contribution in [0.3, 0.4) is 0 Å². The van der Waals surface area contributed by atoms with Crippen LogP contribution in [-0.2, 0) is 21.0 Å². The number of ether oxygens (including phenoxy) is 1. The zero-order valence-corrected chi connectivity index (χ0v) is 19.9. The van der Waals surface area contributed by atoms with Gasteiger partial charge in [0.25, 0.3) is 0 Å². The van der Waals surface area contributed by atoms with Gasteiger partial charge in [-0.1, -0.05) is 30.3 Å². The molecule has 1 aromatic rings. The molecule has 2 bridgehead atoms. The monoisotopic (exact) mass is 457 g/mol. The molecular formula is C25H35N3O5. The van der Waals surface area contributed by atoms with Crippen molar-refractivity contribution in [1.82, 2.24) is 14.9 Å². The molecule has 8 heteroatoms. The Morgan fingerprint density at radius 1 is 1.03 bits per heavy atom. The van der Waals surface area contributed by atoms with Crippen LogP contribution in [0, 0.1) is 5.92 Å². The van der Waals surface area contributed by atoms with E-state index in [2.05, 4.69) is 0 Å². The standard InChI is InChI=1S/C25H35N3O5/c1-25(2,3)33-24(31)26-13-11-18(12-14-26)15-22(29)21-10-9-20-16-27(21)23(30)28(20)32-17-19-7-5-4-6-8-19/h4-8,18,20-21H,9-17H2,1-3H3/t20-,21+/m1/s1. The van der Waals surface area contributed by atoms with E-state index in [4.69, 9.17) is 9.57 Å². The quantitative estimate of drug-likeness (QED) is 0.645. The van der Waals surface area contributed by atoms with Gasteiger partial charge in [-0.15, -0.1) is 0 Å². The SMILES string of the molecule is CC(C)(C)OC(=O)N1CCC(CC(=O)[C@@H]2CC[C@@H]3CN2C(=O)N3OCc2ccccc2)CC1. The normalized spacial score (nSPS) is 23.7. The fourth-order valence-corrected chi connectivity index (χ4v) is 4.92. The van der Waals surface area contributed by atoms with Crippen LogP contribution in [0.15, 0.2) is 30.3 Å². The Morgan fingerprint density at radius 3 is 2.39 bits per heavy atom. The first-order valence-corrected chi connectivity index (χ1v) is 12.0. The Kier molecular flexibility index (Phi) is 6.93. The van der Waals surface area contributed by atoms with Gasteiger partial charge in [0, 0.05) is 26.1 Å². The summed E-state index contributed by atoms with van der Waals surface area (Å²) >= 11 is 0. The number of rotatable bonds is 6. The van der Waals surface area contributed by atoms with Gasteiger partial charge in [-0.25, -0.2) is 9.59 Å². The highest BCUT2D eigenvalue weighted by Crippen LogP contribution is 2.33. The van der Waals surface area contributed by atoms with E-state index in [1.807, 2.05) is 51.1 Å². The number of nitrogens with zero attached hydrogens (tertiary/aromatic N) is 3. The van der Waals surface area contributed by atoms with Crippen molar-refractivity contribution in [2.45, 2.75) is 77.2 Å². The number of fused-ring (bicyclic) bond motifs is 2. The molecule has 0 N–H and O–H groups in total. The van der Waals surface area contributed by atoms with Crippen LogP contribution in [0.25, 0.3) is 0 Å². The third-order valence-electron chi connectivity index (χ3n) is 6.66. The number of piperidine rings is 2. The molecule has 3 saturated heterocycles. The van der Waals surface area contributed by atoms with Gasteiger partial charge in [-0.05, 0) is 57.9 Å². The summed E-state index contributed by atoms with van der Waals surface area (Å²) in [6.07, 6.45) is 3.17. The maximum Gasteiger partial charge on any atom is 0.410 e. The maximum atomic E-state index is 13.1. The molecule has 3 fully saturated rings. The van der Waals surface area contributed by atoms with Crippen molar-refractivity contribution < 1.29 is 24.0 Å². The van der Waals surface area contributed by atoms with E-state index >= 15 is 0 Å². The number of likely N-dealkylation sites (tertiary alicyclic amines) is 1. The predicted octanol–water partition coefficient (Wildman–Crippen LogP) is 3.99. The van der Waals surface area contributed by atoms with Gasteiger partial charge in [0.1, 0.15) is 12.2 Å². The Morgan fingerprint density at radius 2 is 1.73 bits per heavy atom. The summed E-state index contributed by atoms with van der Waals surface area (Å²) in [5, 5.41) is 1.47. The number of amides is 3.